The molecule has 0 radical (unpaired) electrons. The first kappa shape index (κ1) is 18.8. The number of rotatable bonds is 2. The summed E-state index contributed by atoms with van der Waals surface area (Å²) < 4.78 is 0. The Morgan fingerprint density at radius 1 is 0.250 bits per heavy atom. The van der Waals surface area contributed by atoms with Gasteiger partial charge in [0.25, 0.3) is 0 Å². The van der Waals surface area contributed by atoms with Crippen LogP contribution in [0, 0.1) is 23.7 Å². The van der Waals surface area contributed by atoms with Crippen LogP contribution in [0.15, 0.2) is 0 Å². The van der Waals surface area contributed by atoms with E-state index in [4.69, 9.17) is 0 Å². The summed E-state index contributed by atoms with van der Waals surface area (Å²) in [5.74, 6) is 4.39. The Labute approximate surface area is 152 Å². The second kappa shape index (κ2) is 10.9. The number of hydrogen-bond acceptors (Lipinski definition) is 0. The maximum absolute atomic E-state index is 1.62. The summed E-state index contributed by atoms with van der Waals surface area (Å²) >= 11 is 0. The van der Waals surface area contributed by atoms with Crippen LogP contribution in [0.2, 0.25) is 0 Å². The largest absolute Gasteiger partial charge is 0.0533 e. The fourth-order valence-corrected chi connectivity index (χ4v) is 6.39. The zero-order valence-corrected chi connectivity index (χ0v) is 16.5. The van der Waals surface area contributed by atoms with Gasteiger partial charge < -0.3 is 0 Å². The zero-order chi connectivity index (χ0) is 16.5. The maximum Gasteiger partial charge on any atom is -0.0383 e. The monoisotopic (exact) mass is 332 g/mol. The highest BCUT2D eigenvalue weighted by molar-refractivity contribution is 4.81. The van der Waals surface area contributed by atoms with E-state index in [1.54, 1.807) is 57.8 Å². The van der Waals surface area contributed by atoms with Gasteiger partial charge in [-0.15, -0.1) is 0 Å². The molecule has 140 valence electrons. The predicted molar refractivity (Wildman–Crippen MR) is 106 cm³/mol. The van der Waals surface area contributed by atoms with E-state index in [2.05, 4.69) is 0 Å². The summed E-state index contributed by atoms with van der Waals surface area (Å²) in [5, 5.41) is 0. The Morgan fingerprint density at radius 3 is 0.875 bits per heavy atom. The van der Waals surface area contributed by atoms with Crippen LogP contribution in [0.25, 0.3) is 0 Å². The lowest BCUT2D eigenvalue weighted by Gasteiger charge is -2.37. The molecular weight excluding hydrogens is 288 g/mol. The molecular formula is C24H44. The second-order valence-corrected chi connectivity index (χ2v) is 9.60. The van der Waals surface area contributed by atoms with Crippen molar-refractivity contribution in [2.24, 2.45) is 23.7 Å². The summed E-state index contributed by atoms with van der Waals surface area (Å²) in [5.41, 5.74) is 0. The van der Waals surface area contributed by atoms with Crippen LogP contribution in [0.4, 0.5) is 0 Å². The van der Waals surface area contributed by atoms with E-state index in [1.165, 1.54) is 70.6 Å². The molecule has 0 aromatic rings. The standard InChI is InChI=1S/C24H44/c1-3-8-14-21(15-9-4-1)23-18-12-7-13-19-24(20-23)22-16-10-5-2-6-11-17-22/h21-24H,1-20H2. The fourth-order valence-electron chi connectivity index (χ4n) is 6.39. The van der Waals surface area contributed by atoms with Gasteiger partial charge in [-0.3, -0.25) is 0 Å². The van der Waals surface area contributed by atoms with Gasteiger partial charge in [0.2, 0.25) is 0 Å². The van der Waals surface area contributed by atoms with Crippen molar-refractivity contribution in [2.45, 2.75) is 128 Å². The average molecular weight is 333 g/mol. The first-order valence-electron chi connectivity index (χ1n) is 11.9. The Bertz CT molecular complexity index is 274. The highest BCUT2D eigenvalue weighted by Gasteiger charge is 2.30. The maximum atomic E-state index is 1.62. The molecule has 0 amide bonds. The van der Waals surface area contributed by atoms with Gasteiger partial charge in [0.05, 0.1) is 0 Å². The third kappa shape index (κ3) is 6.06. The Balaban J connectivity index is 1.60. The van der Waals surface area contributed by atoms with Crippen LogP contribution < -0.4 is 0 Å². The van der Waals surface area contributed by atoms with E-state index in [9.17, 15) is 0 Å². The quantitative estimate of drug-likeness (QED) is 0.477. The summed E-state index contributed by atoms with van der Waals surface area (Å²) in [6.07, 6.45) is 30.9. The van der Waals surface area contributed by atoms with Crippen molar-refractivity contribution in [3.8, 4) is 0 Å². The van der Waals surface area contributed by atoms with Crippen molar-refractivity contribution in [1.29, 1.82) is 0 Å². The molecule has 2 atom stereocenters. The molecule has 3 aliphatic rings. The lowest BCUT2D eigenvalue weighted by Crippen LogP contribution is -2.26. The summed E-state index contributed by atoms with van der Waals surface area (Å²) in [6, 6.07) is 0. The molecule has 24 heavy (non-hydrogen) atoms. The molecule has 0 N–H and O–H groups in total. The lowest BCUT2D eigenvalue weighted by molar-refractivity contribution is 0.142. The Kier molecular flexibility index (Phi) is 8.51. The van der Waals surface area contributed by atoms with E-state index < -0.39 is 0 Å². The van der Waals surface area contributed by atoms with Gasteiger partial charge in [0.15, 0.2) is 0 Å². The highest BCUT2D eigenvalue weighted by atomic mass is 14.4. The molecule has 3 aliphatic carbocycles. The van der Waals surface area contributed by atoms with E-state index >= 15 is 0 Å². The highest BCUT2D eigenvalue weighted by Crippen LogP contribution is 2.42. The van der Waals surface area contributed by atoms with Crippen LogP contribution in [0.5, 0.6) is 0 Å². The second-order valence-electron chi connectivity index (χ2n) is 9.60. The van der Waals surface area contributed by atoms with Crippen LogP contribution in [-0.4, -0.2) is 0 Å². The van der Waals surface area contributed by atoms with Crippen LogP contribution in [-0.2, 0) is 0 Å². The molecule has 0 nitrogen and oxygen atoms in total. The minimum Gasteiger partial charge on any atom is -0.0533 e. The third-order valence-electron chi connectivity index (χ3n) is 7.89. The van der Waals surface area contributed by atoms with Crippen molar-refractivity contribution in [3.05, 3.63) is 0 Å². The summed E-state index contributed by atoms with van der Waals surface area (Å²) in [7, 11) is 0. The molecule has 0 bridgehead atoms. The van der Waals surface area contributed by atoms with E-state index in [-0.39, 0.29) is 0 Å². The molecule has 0 heteroatoms. The van der Waals surface area contributed by atoms with E-state index in [0.29, 0.717) is 0 Å². The van der Waals surface area contributed by atoms with Crippen molar-refractivity contribution >= 4 is 0 Å². The fraction of sp³-hybridized carbons (Fsp3) is 1.00. The van der Waals surface area contributed by atoms with E-state index in [0.717, 1.165) is 23.7 Å². The predicted octanol–water partition coefficient (Wildman–Crippen LogP) is 8.29. The Hall–Kier alpha value is 0. The van der Waals surface area contributed by atoms with Crippen LogP contribution in [0.3, 0.4) is 0 Å². The zero-order valence-electron chi connectivity index (χ0n) is 16.5. The number of hydrogen-bond donors (Lipinski definition) is 0. The van der Waals surface area contributed by atoms with Crippen LogP contribution in [0.1, 0.15) is 128 Å². The van der Waals surface area contributed by atoms with Gasteiger partial charge in [-0.2, -0.15) is 0 Å². The minimum absolute atomic E-state index is 1.10. The average Bonchev–Trinajstić information content (AvgIpc) is 2.48. The molecule has 0 spiro atoms. The molecule has 0 aliphatic heterocycles. The van der Waals surface area contributed by atoms with Gasteiger partial charge in [0, 0.05) is 0 Å². The summed E-state index contributed by atoms with van der Waals surface area (Å²) in [6.45, 7) is 0. The molecule has 0 heterocycles. The molecule has 3 saturated carbocycles. The van der Waals surface area contributed by atoms with Crippen molar-refractivity contribution < 1.29 is 0 Å². The third-order valence-corrected chi connectivity index (χ3v) is 7.89. The van der Waals surface area contributed by atoms with Crippen LogP contribution >= 0.6 is 0 Å². The smallest absolute Gasteiger partial charge is 0.0383 e. The van der Waals surface area contributed by atoms with E-state index in [1.807, 2.05) is 0 Å². The normalized spacial score (nSPS) is 33.5. The van der Waals surface area contributed by atoms with Gasteiger partial charge in [-0.25, -0.2) is 0 Å². The van der Waals surface area contributed by atoms with Crippen molar-refractivity contribution in [1.82, 2.24) is 0 Å². The Morgan fingerprint density at radius 2 is 0.500 bits per heavy atom. The molecule has 3 rings (SSSR count). The summed E-state index contributed by atoms with van der Waals surface area (Å²) in [4.78, 5) is 0. The van der Waals surface area contributed by atoms with Gasteiger partial charge in [-0.05, 0) is 30.1 Å². The van der Waals surface area contributed by atoms with Gasteiger partial charge in [0.1, 0.15) is 0 Å². The first-order chi connectivity index (χ1) is 11.9. The van der Waals surface area contributed by atoms with Gasteiger partial charge in [-0.1, -0.05) is 122 Å². The van der Waals surface area contributed by atoms with Gasteiger partial charge >= 0.3 is 0 Å². The minimum atomic E-state index is 1.10. The first-order valence-corrected chi connectivity index (χ1v) is 11.9. The topological polar surface area (TPSA) is 0 Å². The molecule has 3 fully saturated rings. The van der Waals surface area contributed by atoms with Crippen molar-refractivity contribution in [3.63, 3.8) is 0 Å². The lowest BCUT2D eigenvalue weighted by atomic mass is 9.69. The van der Waals surface area contributed by atoms with Crippen molar-refractivity contribution in [2.75, 3.05) is 0 Å². The molecule has 0 saturated heterocycles. The molecule has 0 aromatic heterocycles. The molecule has 0 aromatic carbocycles. The SMILES string of the molecule is C1CCCC(C2CCCCCC(C3CCCCCCC3)C2)CCC1. The molecule has 2 unspecified atom stereocenters.